The maximum Gasteiger partial charge on any atom is 0.136 e. The van der Waals surface area contributed by atoms with E-state index in [1.54, 1.807) is 0 Å². The summed E-state index contributed by atoms with van der Waals surface area (Å²) in [6.45, 7) is 0. The summed E-state index contributed by atoms with van der Waals surface area (Å²) < 4.78 is 0. The second kappa shape index (κ2) is 5.62. The van der Waals surface area contributed by atoms with Crippen molar-refractivity contribution in [1.29, 1.82) is 0 Å². The lowest BCUT2D eigenvalue weighted by atomic mass is 10.8. The highest BCUT2D eigenvalue weighted by molar-refractivity contribution is 7.99. The van der Waals surface area contributed by atoms with Crippen LogP contribution in [0.15, 0.2) is 0 Å². The first-order chi connectivity index (χ1) is 4.13. The molecule has 9 heavy (non-hydrogen) atoms. The Bertz CT molecular complexity index is 61.6. The third-order valence-corrected chi connectivity index (χ3v) is 2.29. The number of rotatable bonds is 4. The van der Waals surface area contributed by atoms with E-state index in [9.17, 15) is 0 Å². The van der Waals surface area contributed by atoms with E-state index < -0.39 is 11.1 Å². The van der Waals surface area contributed by atoms with Crippen LogP contribution in [0.5, 0.6) is 0 Å². The number of alkyl halides is 2. The van der Waals surface area contributed by atoms with E-state index in [0.29, 0.717) is 11.5 Å². The van der Waals surface area contributed by atoms with Crippen LogP contribution in [-0.2, 0) is 0 Å². The monoisotopic (exact) mass is 190 g/mol. The van der Waals surface area contributed by atoms with Gasteiger partial charge >= 0.3 is 0 Å². The molecule has 56 valence electrons. The molecular weight excluding hydrogens is 183 g/mol. The summed E-state index contributed by atoms with van der Waals surface area (Å²) in [5, 5.41) is 17.0. The first-order valence-corrected chi connectivity index (χ1v) is 4.37. The molecule has 0 aromatic carbocycles. The zero-order valence-electron chi connectivity index (χ0n) is 4.63. The van der Waals surface area contributed by atoms with Crippen LogP contribution in [0.2, 0.25) is 0 Å². The first kappa shape index (κ1) is 9.85. The van der Waals surface area contributed by atoms with Crippen LogP contribution in [0.4, 0.5) is 0 Å². The molecule has 2 unspecified atom stereocenters. The smallest absolute Gasteiger partial charge is 0.136 e. The van der Waals surface area contributed by atoms with Gasteiger partial charge in [-0.05, 0) is 0 Å². The zero-order valence-corrected chi connectivity index (χ0v) is 6.96. The topological polar surface area (TPSA) is 40.5 Å². The number of thioether (sulfide) groups is 1. The van der Waals surface area contributed by atoms with Gasteiger partial charge in [0.25, 0.3) is 0 Å². The molecule has 5 heteroatoms. The predicted molar refractivity (Wildman–Crippen MR) is 41.0 cm³/mol. The van der Waals surface area contributed by atoms with E-state index in [1.807, 2.05) is 0 Å². The minimum atomic E-state index is -0.842. The van der Waals surface area contributed by atoms with E-state index in [4.69, 9.17) is 33.4 Å². The van der Waals surface area contributed by atoms with Gasteiger partial charge in [-0.3, -0.25) is 0 Å². The maximum absolute atomic E-state index is 8.49. The van der Waals surface area contributed by atoms with E-state index in [2.05, 4.69) is 0 Å². The summed E-state index contributed by atoms with van der Waals surface area (Å²) in [6.07, 6.45) is 0. The Morgan fingerprint density at radius 3 is 1.67 bits per heavy atom. The van der Waals surface area contributed by atoms with Crippen molar-refractivity contribution in [2.75, 3.05) is 11.5 Å². The predicted octanol–water partition coefficient (Wildman–Crippen LogP) is 0.834. The van der Waals surface area contributed by atoms with Crippen molar-refractivity contribution >= 4 is 35.0 Å². The summed E-state index contributed by atoms with van der Waals surface area (Å²) in [6, 6.07) is 0. The molecule has 0 aliphatic heterocycles. The number of aliphatic hydroxyl groups is 2. The van der Waals surface area contributed by atoms with Crippen LogP contribution < -0.4 is 0 Å². The van der Waals surface area contributed by atoms with Crippen molar-refractivity contribution in [2.24, 2.45) is 0 Å². The molecule has 0 bridgehead atoms. The number of hydrogen-bond donors (Lipinski definition) is 2. The highest BCUT2D eigenvalue weighted by atomic mass is 35.5. The molecule has 0 spiro atoms. The first-order valence-electron chi connectivity index (χ1n) is 2.35. The zero-order chi connectivity index (χ0) is 7.28. The fourth-order valence-electron chi connectivity index (χ4n) is 0.263. The average molecular weight is 191 g/mol. The minimum Gasteiger partial charge on any atom is -0.377 e. The summed E-state index contributed by atoms with van der Waals surface area (Å²) in [7, 11) is 0. The highest BCUT2D eigenvalue weighted by Crippen LogP contribution is 2.08. The summed E-state index contributed by atoms with van der Waals surface area (Å²) >= 11 is 11.6. The molecule has 0 aliphatic rings. The van der Waals surface area contributed by atoms with E-state index in [1.165, 1.54) is 11.8 Å². The molecule has 2 N–H and O–H groups in total. The molecule has 0 heterocycles. The minimum absolute atomic E-state index is 0.394. The molecule has 0 fully saturated rings. The van der Waals surface area contributed by atoms with Gasteiger partial charge < -0.3 is 10.2 Å². The lowest BCUT2D eigenvalue weighted by Crippen LogP contribution is -2.05. The van der Waals surface area contributed by atoms with Gasteiger partial charge in [-0.1, -0.05) is 23.2 Å². The molecular formula is C4H8Cl2O2S. The lowest BCUT2D eigenvalue weighted by Gasteiger charge is -2.02. The standard InChI is InChI=1S/C4H8Cl2O2S/c5-3(7)1-9-2-4(6)8/h3-4,7-8H,1-2H2. The summed E-state index contributed by atoms with van der Waals surface area (Å²) in [5.74, 6) is 0.788. The van der Waals surface area contributed by atoms with Gasteiger partial charge in [-0.25, -0.2) is 0 Å². The Hall–Kier alpha value is 0.850. The summed E-state index contributed by atoms with van der Waals surface area (Å²) in [5.41, 5.74) is -1.68. The van der Waals surface area contributed by atoms with Crippen molar-refractivity contribution in [3.8, 4) is 0 Å². The number of aliphatic hydroxyl groups excluding tert-OH is 2. The molecule has 2 nitrogen and oxygen atoms in total. The fraction of sp³-hybridized carbons (Fsp3) is 1.00. The van der Waals surface area contributed by atoms with Gasteiger partial charge in [0, 0.05) is 11.5 Å². The Morgan fingerprint density at radius 1 is 1.11 bits per heavy atom. The van der Waals surface area contributed by atoms with Gasteiger partial charge in [0.15, 0.2) is 0 Å². The molecule has 0 saturated heterocycles. The molecule has 0 saturated carbocycles. The Morgan fingerprint density at radius 2 is 1.44 bits per heavy atom. The van der Waals surface area contributed by atoms with Crippen molar-refractivity contribution in [3.05, 3.63) is 0 Å². The van der Waals surface area contributed by atoms with Crippen LogP contribution in [0, 0.1) is 0 Å². The van der Waals surface area contributed by atoms with E-state index >= 15 is 0 Å². The van der Waals surface area contributed by atoms with Gasteiger partial charge in [-0.2, -0.15) is 11.8 Å². The third-order valence-electron chi connectivity index (χ3n) is 0.511. The van der Waals surface area contributed by atoms with Crippen LogP contribution in [-0.4, -0.2) is 32.8 Å². The highest BCUT2D eigenvalue weighted by Gasteiger charge is 2.00. The van der Waals surface area contributed by atoms with E-state index in [-0.39, 0.29) is 0 Å². The van der Waals surface area contributed by atoms with Crippen molar-refractivity contribution in [3.63, 3.8) is 0 Å². The van der Waals surface area contributed by atoms with Crippen LogP contribution >= 0.6 is 35.0 Å². The number of hydrogen-bond acceptors (Lipinski definition) is 3. The summed E-state index contributed by atoms with van der Waals surface area (Å²) in [4.78, 5) is 0. The largest absolute Gasteiger partial charge is 0.377 e. The van der Waals surface area contributed by atoms with Gasteiger partial charge in [0.1, 0.15) is 11.1 Å². The van der Waals surface area contributed by atoms with Crippen LogP contribution in [0.25, 0.3) is 0 Å². The van der Waals surface area contributed by atoms with Gasteiger partial charge in [0.2, 0.25) is 0 Å². The van der Waals surface area contributed by atoms with Crippen molar-refractivity contribution in [1.82, 2.24) is 0 Å². The molecule has 0 aromatic heterocycles. The van der Waals surface area contributed by atoms with Crippen molar-refractivity contribution in [2.45, 2.75) is 11.1 Å². The molecule has 2 atom stereocenters. The quantitative estimate of drug-likeness (QED) is 0.646. The maximum atomic E-state index is 8.49. The lowest BCUT2D eigenvalue weighted by molar-refractivity contribution is 0.276. The SMILES string of the molecule is OC(Cl)CSCC(O)Cl. The molecule has 0 amide bonds. The molecule has 0 radical (unpaired) electrons. The molecule has 0 aromatic rings. The fourth-order valence-corrected chi connectivity index (χ4v) is 1.32. The van der Waals surface area contributed by atoms with Crippen LogP contribution in [0.1, 0.15) is 0 Å². The molecule has 0 rings (SSSR count). The van der Waals surface area contributed by atoms with Gasteiger partial charge in [0.05, 0.1) is 0 Å². The van der Waals surface area contributed by atoms with Crippen LogP contribution in [0.3, 0.4) is 0 Å². The third kappa shape index (κ3) is 8.85. The molecule has 0 aliphatic carbocycles. The Labute approximate surface area is 68.2 Å². The van der Waals surface area contributed by atoms with Crippen molar-refractivity contribution < 1.29 is 10.2 Å². The average Bonchev–Trinajstić information content (AvgIpc) is 1.63. The Kier molecular flexibility index (Phi) is 6.15. The normalized spacial score (nSPS) is 17.3. The second-order valence-electron chi connectivity index (χ2n) is 1.41. The number of halogens is 2. The Balaban J connectivity index is 2.91. The second-order valence-corrected chi connectivity index (χ2v) is 3.49. The van der Waals surface area contributed by atoms with E-state index in [0.717, 1.165) is 0 Å². The van der Waals surface area contributed by atoms with Gasteiger partial charge in [-0.15, -0.1) is 0 Å².